The largest absolute Gasteiger partial charge is 0.389 e. The third-order valence-corrected chi connectivity index (χ3v) is 6.34. The molecule has 0 aliphatic rings. The predicted octanol–water partition coefficient (Wildman–Crippen LogP) is 3.14. The molecule has 8 heteroatoms. The van der Waals surface area contributed by atoms with E-state index in [0.29, 0.717) is 21.2 Å². The lowest BCUT2D eigenvalue weighted by atomic mass is 10.2. The van der Waals surface area contributed by atoms with E-state index >= 15 is 0 Å². The summed E-state index contributed by atoms with van der Waals surface area (Å²) in [6.07, 6.45) is 0. The van der Waals surface area contributed by atoms with Crippen LogP contribution in [0.5, 0.6) is 0 Å². The van der Waals surface area contributed by atoms with Crippen LogP contribution in [-0.2, 0) is 10.0 Å². The van der Waals surface area contributed by atoms with Gasteiger partial charge in [-0.05, 0) is 36.8 Å². The monoisotopic (exact) mass is 346 g/mol. The van der Waals surface area contributed by atoms with Gasteiger partial charge in [0.25, 0.3) is 10.0 Å². The number of thiophene rings is 1. The van der Waals surface area contributed by atoms with Crippen LogP contribution in [0, 0.1) is 6.92 Å². The second kappa shape index (κ2) is 5.69. The minimum absolute atomic E-state index is 0.152. The summed E-state index contributed by atoms with van der Waals surface area (Å²) < 4.78 is 27.2. The molecule has 0 saturated carbocycles. The van der Waals surface area contributed by atoms with Crippen LogP contribution >= 0.6 is 35.2 Å². The summed E-state index contributed by atoms with van der Waals surface area (Å²) in [4.78, 5) is 0.735. The summed E-state index contributed by atoms with van der Waals surface area (Å²) in [5.74, 6) is 0. The standard InChI is InChI=1S/C12H11ClN2O2S3/c1-7-8(13)3-2-4-9(7)15-20(16,17)11-6-5-10(19-11)12(14)18/h2-6,15H,1H3,(H2,14,18). The van der Waals surface area contributed by atoms with Crippen LogP contribution < -0.4 is 10.5 Å². The Morgan fingerprint density at radius 2 is 2.05 bits per heavy atom. The Bertz CT molecular complexity index is 769. The minimum atomic E-state index is -3.67. The Morgan fingerprint density at radius 1 is 1.35 bits per heavy atom. The maximum atomic E-state index is 12.3. The van der Waals surface area contributed by atoms with Gasteiger partial charge in [-0.25, -0.2) is 8.42 Å². The molecule has 0 bridgehead atoms. The molecule has 1 aromatic carbocycles. The van der Waals surface area contributed by atoms with Crippen molar-refractivity contribution in [2.75, 3.05) is 4.72 Å². The SMILES string of the molecule is Cc1c(Cl)cccc1NS(=O)(=O)c1ccc(C(N)=S)s1. The molecule has 1 aromatic heterocycles. The zero-order valence-corrected chi connectivity index (χ0v) is 13.6. The molecule has 0 unspecified atom stereocenters. The zero-order valence-electron chi connectivity index (χ0n) is 10.4. The fourth-order valence-electron chi connectivity index (χ4n) is 1.51. The van der Waals surface area contributed by atoms with Crippen molar-refractivity contribution in [2.45, 2.75) is 11.1 Å². The molecule has 3 N–H and O–H groups in total. The first-order valence-electron chi connectivity index (χ1n) is 5.49. The van der Waals surface area contributed by atoms with Crippen LogP contribution in [-0.4, -0.2) is 13.4 Å². The Morgan fingerprint density at radius 3 is 2.65 bits per heavy atom. The van der Waals surface area contributed by atoms with E-state index in [4.69, 9.17) is 29.6 Å². The summed E-state index contributed by atoms with van der Waals surface area (Å²) in [5.41, 5.74) is 6.59. The summed E-state index contributed by atoms with van der Waals surface area (Å²) in [6, 6.07) is 8.10. The number of hydrogen-bond donors (Lipinski definition) is 2. The number of halogens is 1. The highest BCUT2D eigenvalue weighted by molar-refractivity contribution is 7.94. The van der Waals surface area contributed by atoms with Gasteiger partial charge >= 0.3 is 0 Å². The average molecular weight is 347 g/mol. The summed E-state index contributed by atoms with van der Waals surface area (Å²) >= 11 is 11.8. The average Bonchev–Trinajstić information content (AvgIpc) is 2.85. The summed E-state index contributed by atoms with van der Waals surface area (Å²) in [5, 5.41) is 0.500. The molecule has 0 spiro atoms. The number of nitrogens with one attached hydrogen (secondary N) is 1. The second-order valence-corrected chi connectivity index (χ2v) is 7.84. The number of thiocarbonyl (C=S) groups is 1. The summed E-state index contributed by atoms with van der Waals surface area (Å²) in [7, 11) is -3.67. The van der Waals surface area contributed by atoms with E-state index in [2.05, 4.69) is 4.72 Å². The Kier molecular flexibility index (Phi) is 4.33. The van der Waals surface area contributed by atoms with Crippen molar-refractivity contribution in [3.05, 3.63) is 45.8 Å². The van der Waals surface area contributed by atoms with Gasteiger partial charge in [-0.1, -0.05) is 29.9 Å². The van der Waals surface area contributed by atoms with Crippen molar-refractivity contribution >= 4 is 55.9 Å². The van der Waals surface area contributed by atoms with Crippen molar-refractivity contribution in [1.29, 1.82) is 0 Å². The molecule has 0 aliphatic heterocycles. The van der Waals surface area contributed by atoms with E-state index in [1.54, 1.807) is 31.2 Å². The molecule has 0 amide bonds. The highest BCUT2D eigenvalue weighted by Gasteiger charge is 2.18. The Hall–Kier alpha value is -1.15. The molecule has 2 rings (SSSR count). The number of anilines is 1. The molecule has 0 radical (unpaired) electrons. The fraction of sp³-hybridized carbons (Fsp3) is 0.0833. The molecule has 106 valence electrons. The molecule has 0 atom stereocenters. The van der Waals surface area contributed by atoms with Gasteiger partial charge in [0, 0.05) is 5.02 Å². The smallest absolute Gasteiger partial charge is 0.271 e. The molecule has 0 saturated heterocycles. The molecule has 1 heterocycles. The lowest BCUT2D eigenvalue weighted by Gasteiger charge is -2.10. The van der Waals surface area contributed by atoms with Crippen molar-refractivity contribution in [3.8, 4) is 0 Å². The van der Waals surface area contributed by atoms with Crippen molar-refractivity contribution in [3.63, 3.8) is 0 Å². The van der Waals surface area contributed by atoms with Gasteiger partial charge in [-0.3, -0.25) is 4.72 Å². The Labute approximate surface area is 131 Å². The predicted molar refractivity (Wildman–Crippen MR) is 87.2 cm³/mol. The van der Waals surface area contributed by atoms with E-state index in [0.717, 1.165) is 11.3 Å². The van der Waals surface area contributed by atoms with Gasteiger partial charge in [0.15, 0.2) is 0 Å². The summed E-state index contributed by atoms with van der Waals surface area (Å²) in [6.45, 7) is 1.75. The fourth-order valence-corrected chi connectivity index (χ4v) is 4.16. The normalized spacial score (nSPS) is 11.3. The van der Waals surface area contributed by atoms with Crippen LogP contribution in [0.2, 0.25) is 5.02 Å². The van der Waals surface area contributed by atoms with Crippen LogP contribution in [0.3, 0.4) is 0 Å². The first-order valence-corrected chi connectivity index (χ1v) is 8.57. The van der Waals surface area contributed by atoms with E-state index in [1.807, 2.05) is 0 Å². The zero-order chi connectivity index (χ0) is 14.9. The highest BCUT2D eigenvalue weighted by Crippen LogP contribution is 2.28. The first-order chi connectivity index (χ1) is 9.31. The van der Waals surface area contributed by atoms with E-state index < -0.39 is 10.0 Å². The molecule has 4 nitrogen and oxygen atoms in total. The molecule has 0 fully saturated rings. The van der Waals surface area contributed by atoms with E-state index in [9.17, 15) is 8.42 Å². The molecule has 20 heavy (non-hydrogen) atoms. The lowest BCUT2D eigenvalue weighted by molar-refractivity contribution is 0.603. The van der Waals surface area contributed by atoms with Crippen LogP contribution in [0.25, 0.3) is 0 Å². The van der Waals surface area contributed by atoms with Crippen LogP contribution in [0.15, 0.2) is 34.5 Å². The van der Waals surface area contributed by atoms with Gasteiger partial charge in [-0.2, -0.15) is 0 Å². The third-order valence-electron chi connectivity index (χ3n) is 2.60. The van der Waals surface area contributed by atoms with Crippen molar-refractivity contribution in [2.24, 2.45) is 5.73 Å². The van der Waals surface area contributed by atoms with Crippen LogP contribution in [0.1, 0.15) is 10.4 Å². The molecular formula is C12H11ClN2O2S3. The van der Waals surface area contributed by atoms with Gasteiger partial charge in [0.05, 0.1) is 10.6 Å². The number of rotatable bonds is 4. The second-order valence-electron chi connectivity index (χ2n) is 4.00. The Balaban J connectivity index is 2.35. The lowest BCUT2D eigenvalue weighted by Crippen LogP contribution is -2.12. The maximum Gasteiger partial charge on any atom is 0.271 e. The first kappa shape index (κ1) is 15.2. The minimum Gasteiger partial charge on any atom is -0.389 e. The van der Waals surface area contributed by atoms with E-state index in [1.165, 1.54) is 6.07 Å². The quantitative estimate of drug-likeness (QED) is 0.834. The van der Waals surface area contributed by atoms with Crippen LogP contribution in [0.4, 0.5) is 5.69 Å². The van der Waals surface area contributed by atoms with Gasteiger partial charge in [0.1, 0.15) is 9.20 Å². The van der Waals surface area contributed by atoms with Gasteiger partial charge in [-0.15, -0.1) is 11.3 Å². The molecule has 2 aromatic rings. The number of hydrogen-bond acceptors (Lipinski definition) is 4. The molecular weight excluding hydrogens is 336 g/mol. The topological polar surface area (TPSA) is 72.2 Å². The van der Waals surface area contributed by atoms with E-state index in [-0.39, 0.29) is 9.20 Å². The maximum absolute atomic E-state index is 12.3. The molecule has 0 aliphatic carbocycles. The van der Waals surface area contributed by atoms with Gasteiger partial charge in [0.2, 0.25) is 0 Å². The van der Waals surface area contributed by atoms with Crippen molar-refractivity contribution < 1.29 is 8.42 Å². The third kappa shape index (κ3) is 3.12. The number of benzene rings is 1. The number of nitrogens with two attached hydrogens (primary N) is 1. The van der Waals surface area contributed by atoms with Crippen molar-refractivity contribution in [1.82, 2.24) is 0 Å². The highest BCUT2D eigenvalue weighted by atomic mass is 35.5. The number of sulfonamides is 1. The van der Waals surface area contributed by atoms with Gasteiger partial charge < -0.3 is 5.73 Å².